The van der Waals surface area contributed by atoms with Crippen molar-refractivity contribution in [2.24, 2.45) is 0 Å². The SMILES string of the molecule is CC(C)NC(=O)CNC(=O)c1cccc(OCc2nnnn2C(C)C)c1. The van der Waals surface area contributed by atoms with Gasteiger partial charge in [0.25, 0.3) is 5.91 Å². The molecule has 0 bridgehead atoms. The minimum atomic E-state index is -0.346. The summed E-state index contributed by atoms with van der Waals surface area (Å²) in [6.07, 6.45) is 0. The molecule has 2 rings (SSSR count). The number of hydrogen-bond acceptors (Lipinski definition) is 6. The van der Waals surface area contributed by atoms with Gasteiger partial charge in [0, 0.05) is 11.6 Å². The first-order chi connectivity index (χ1) is 12.4. The lowest BCUT2D eigenvalue weighted by Gasteiger charge is -2.11. The van der Waals surface area contributed by atoms with E-state index in [0.717, 1.165) is 0 Å². The van der Waals surface area contributed by atoms with Crippen molar-refractivity contribution >= 4 is 11.8 Å². The minimum Gasteiger partial charge on any atom is -0.486 e. The van der Waals surface area contributed by atoms with Crippen LogP contribution in [0.15, 0.2) is 24.3 Å². The number of nitrogens with zero attached hydrogens (tertiary/aromatic N) is 4. The van der Waals surface area contributed by atoms with E-state index in [4.69, 9.17) is 4.74 Å². The highest BCUT2D eigenvalue weighted by Crippen LogP contribution is 2.15. The zero-order chi connectivity index (χ0) is 19.1. The van der Waals surface area contributed by atoms with Gasteiger partial charge in [-0.3, -0.25) is 9.59 Å². The van der Waals surface area contributed by atoms with Crippen molar-refractivity contribution in [1.82, 2.24) is 30.8 Å². The second-order valence-corrected chi connectivity index (χ2v) is 6.35. The molecule has 2 N–H and O–H groups in total. The topological polar surface area (TPSA) is 111 Å². The number of aromatic nitrogens is 4. The predicted molar refractivity (Wildman–Crippen MR) is 94.6 cm³/mol. The number of carbonyl (C=O) groups excluding carboxylic acids is 2. The van der Waals surface area contributed by atoms with Crippen LogP contribution < -0.4 is 15.4 Å². The van der Waals surface area contributed by atoms with E-state index in [1.807, 2.05) is 27.7 Å². The monoisotopic (exact) mass is 360 g/mol. The van der Waals surface area contributed by atoms with Gasteiger partial charge in [-0.1, -0.05) is 6.07 Å². The summed E-state index contributed by atoms with van der Waals surface area (Å²) in [6.45, 7) is 7.77. The molecule has 0 saturated carbocycles. The quantitative estimate of drug-likeness (QED) is 0.729. The Kier molecular flexibility index (Phi) is 6.65. The Morgan fingerprint density at radius 1 is 1.23 bits per heavy atom. The molecule has 0 spiro atoms. The van der Waals surface area contributed by atoms with Gasteiger partial charge in [-0.05, 0) is 56.3 Å². The molecule has 0 saturated heterocycles. The average molecular weight is 360 g/mol. The van der Waals surface area contributed by atoms with Crippen LogP contribution in [0.25, 0.3) is 0 Å². The molecule has 0 atom stereocenters. The zero-order valence-electron chi connectivity index (χ0n) is 15.4. The van der Waals surface area contributed by atoms with Gasteiger partial charge in [0.2, 0.25) is 5.91 Å². The van der Waals surface area contributed by atoms with Gasteiger partial charge in [0.05, 0.1) is 12.6 Å². The Morgan fingerprint density at radius 3 is 2.69 bits per heavy atom. The van der Waals surface area contributed by atoms with E-state index in [1.165, 1.54) is 0 Å². The molecule has 0 fully saturated rings. The molecule has 1 aromatic carbocycles. The summed E-state index contributed by atoms with van der Waals surface area (Å²) < 4.78 is 7.36. The number of hydrogen-bond donors (Lipinski definition) is 2. The first kappa shape index (κ1) is 19.4. The fraction of sp³-hybridized carbons (Fsp3) is 0.471. The highest BCUT2D eigenvalue weighted by molar-refractivity contribution is 5.96. The molecule has 1 aromatic heterocycles. The summed E-state index contributed by atoms with van der Waals surface area (Å²) >= 11 is 0. The number of ether oxygens (including phenoxy) is 1. The van der Waals surface area contributed by atoms with Gasteiger partial charge in [0.15, 0.2) is 5.82 Å². The molecule has 9 nitrogen and oxygen atoms in total. The number of carbonyl (C=O) groups is 2. The molecule has 2 aromatic rings. The molecule has 0 radical (unpaired) electrons. The number of tetrazole rings is 1. The molecule has 9 heteroatoms. The van der Waals surface area contributed by atoms with E-state index < -0.39 is 0 Å². The summed E-state index contributed by atoms with van der Waals surface area (Å²) in [6, 6.07) is 6.87. The largest absolute Gasteiger partial charge is 0.486 e. The molecule has 1 heterocycles. The van der Waals surface area contributed by atoms with Crippen LogP contribution in [0.4, 0.5) is 0 Å². The van der Waals surface area contributed by atoms with Gasteiger partial charge in [-0.2, -0.15) is 0 Å². The van der Waals surface area contributed by atoms with Crippen LogP contribution in [-0.4, -0.2) is 44.6 Å². The lowest BCUT2D eigenvalue weighted by molar-refractivity contribution is -0.120. The first-order valence-corrected chi connectivity index (χ1v) is 8.44. The number of amides is 2. The molecule has 0 aliphatic carbocycles. The Labute approximate surface area is 152 Å². The maximum atomic E-state index is 12.2. The Morgan fingerprint density at radius 2 is 2.00 bits per heavy atom. The van der Waals surface area contributed by atoms with Crippen molar-refractivity contribution in [3.63, 3.8) is 0 Å². The number of rotatable bonds is 8. The number of benzene rings is 1. The summed E-state index contributed by atoms with van der Waals surface area (Å²) in [7, 11) is 0. The molecular weight excluding hydrogens is 336 g/mol. The van der Waals surface area contributed by atoms with Crippen LogP contribution in [0.1, 0.15) is 49.9 Å². The smallest absolute Gasteiger partial charge is 0.251 e. The summed E-state index contributed by atoms with van der Waals surface area (Å²) in [5.41, 5.74) is 0.406. The van der Waals surface area contributed by atoms with Crippen LogP contribution in [0.3, 0.4) is 0 Å². The zero-order valence-corrected chi connectivity index (χ0v) is 15.4. The van der Waals surface area contributed by atoms with E-state index in [2.05, 4.69) is 26.2 Å². The minimum absolute atomic E-state index is 0.0264. The highest BCUT2D eigenvalue weighted by atomic mass is 16.5. The third-order valence-corrected chi connectivity index (χ3v) is 3.37. The molecular formula is C17H24N6O3. The van der Waals surface area contributed by atoms with E-state index >= 15 is 0 Å². The normalized spacial score (nSPS) is 10.8. The van der Waals surface area contributed by atoms with Crippen molar-refractivity contribution in [3.05, 3.63) is 35.7 Å². The van der Waals surface area contributed by atoms with E-state index in [9.17, 15) is 9.59 Å². The number of nitrogens with one attached hydrogen (secondary N) is 2. The van der Waals surface area contributed by atoms with Crippen LogP contribution in [0.5, 0.6) is 5.75 Å². The maximum absolute atomic E-state index is 12.2. The average Bonchev–Trinajstić information content (AvgIpc) is 3.06. The lowest BCUT2D eigenvalue weighted by Crippen LogP contribution is -2.39. The third-order valence-electron chi connectivity index (χ3n) is 3.37. The summed E-state index contributed by atoms with van der Waals surface area (Å²) in [5, 5.41) is 16.8. The molecule has 0 aliphatic rings. The van der Waals surface area contributed by atoms with Crippen LogP contribution in [-0.2, 0) is 11.4 Å². The van der Waals surface area contributed by atoms with E-state index in [0.29, 0.717) is 17.1 Å². The summed E-state index contributed by atoms with van der Waals surface area (Å²) in [4.78, 5) is 23.8. The van der Waals surface area contributed by atoms with Gasteiger partial charge >= 0.3 is 0 Å². The van der Waals surface area contributed by atoms with E-state index in [1.54, 1.807) is 28.9 Å². The fourth-order valence-corrected chi connectivity index (χ4v) is 2.22. The molecule has 0 aliphatic heterocycles. The van der Waals surface area contributed by atoms with Crippen molar-refractivity contribution in [2.75, 3.05) is 6.54 Å². The summed E-state index contributed by atoms with van der Waals surface area (Å²) in [5.74, 6) is 0.533. The predicted octanol–water partition coefficient (Wildman–Crippen LogP) is 1.09. The third kappa shape index (κ3) is 5.54. The second kappa shape index (κ2) is 8.93. The van der Waals surface area contributed by atoms with Crippen molar-refractivity contribution in [2.45, 2.75) is 46.4 Å². The molecule has 0 unspecified atom stereocenters. The standard InChI is InChI=1S/C17H24N6O3/c1-11(2)19-16(24)9-18-17(25)13-6-5-7-14(8-13)26-10-15-20-21-22-23(15)12(3)4/h5-8,11-12H,9-10H2,1-4H3,(H,18,25)(H,19,24). The van der Waals surface area contributed by atoms with Gasteiger partial charge in [-0.15, -0.1) is 5.10 Å². The van der Waals surface area contributed by atoms with Crippen LogP contribution in [0, 0.1) is 0 Å². The van der Waals surface area contributed by atoms with Crippen molar-refractivity contribution in [3.8, 4) is 5.75 Å². The fourth-order valence-electron chi connectivity index (χ4n) is 2.22. The molecule has 2 amide bonds. The van der Waals surface area contributed by atoms with Crippen LogP contribution in [0.2, 0.25) is 0 Å². The second-order valence-electron chi connectivity index (χ2n) is 6.35. The van der Waals surface area contributed by atoms with Gasteiger partial charge < -0.3 is 15.4 Å². The van der Waals surface area contributed by atoms with E-state index in [-0.39, 0.29) is 37.0 Å². The lowest BCUT2D eigenvalue weighted by atomic mass is 10.2. The van der Waals surface area contributed by atoms with Gasteiger partial charge in [0.1, 0.15) is 12.4 Å². The Bertz CT molecular complexity index is 756. The first-order valence-electron chi connectivity index (χ1n) is 8.44. The van der Waals surface area contributed by atoms with Crippen molar-refractivity contribution < 1.29 is 14.3 Å². The molecule has 26 heavy (non-hydrogen) atoms. The van der Waals surface area contributed by atoms with Gasteiger partial charge in [-0.25, -0.2) is 4.68 Å². The highest BCUT2D eigenvalue weighted by Gasteiger charge is 2.12. The Balaban J connectivity index is 1.93. The van der Waals surface area contributed by atoms with Crippen molar-refractivity contribution in [1.29, 1.82) is 0 Å². The van der Waals surface area contributed by atoms with Crippen LogP contribution >= 0.6 is 0 Å². The Hall–Kier alpha value is -2.97. The molecule has 140 valence electrons. The maximum Gasteiger partial charge on any atom is 0.251 e.